The summed E-state index contributed by atoms with van der Waals surface area (Å²) in [5, 5.41) is 9.02. The van der Waals surface area contributed by atoms with Crippen molar-refractivity contribution in [2.24, 2.45) is 5.92 Å². The van der Waals surface area contributed by atoms with Gasteiger partial charge in [-0.3, -0.25) is 4.90 Å². The van der Waals surface area contributed by atoms with Crippen LogP contribution in [-0.2, 0) is 6.54 Å². The van der Waals surface area contributed by atoms with Crippen LogP contribution in [0.1, 0.15) is 42.8 Å². The predicted molar refractivity (Wildman–Crippen MR) is 63.9 cm³/mol. The van der Waals surface area contributed by atoms with Crippen LogP contribution in [0.3, 0.4) is 0 Å². The molecule has 2 heterocycles. The van der Waals surface area contributed by atoms with Gasteiger partial charge in [-0.2, -0.15) is 0 Å². The molecule has 0 bridgehead atoms. The first-order valence-electron chi connectivity index (χ1n) is 6.13. The molecule has 17 heavy (non-hydrogen) atoms. The molecule has 4 heteroatoms. The van der Waals surface area contributed by atoms with Crippen LogP contribution in [0.5, 0.6) is 0 Å². The van der Waals surface area contributed by atoms with Crippen LogP contribution in [0.25, 0.3) is 0 Å². The van der Waals surface area contributed by atoms with Crippen LogP contribution in [0.2, 0.25) is 0 Å². The third-order valence-electron chi connectivity index (χ3n) is 3.83. The van der Waals surface area contributed by atoms with Gasteiger partial charge in [0.05, 0.1) is 12.8 Å². The molecule has 0 radical (unpaired) electrons. The molecule has 94 valence electrons. The lowest BCUT2D eigenvalue weighted by molar-refractivity contribution is 0.0684. The van der Waals surface area contributed by atoms with Gasteiger partial charge in [-0.25, -0.2) is 4.79 Å². The number of hydrogen-bond acceptors (Lipinski definition) is 3. The fourth-order valence-electron chi connectivity index (χ4n) is 2.48. The molecule has 2 rings (SSSR count). The molecule has 1 aromatic rings. The molecule has 0 aromatic carbocycles. The Morgan fingerprint density at radius 1 is 1.59 bits per heavy atom. The minimum absolute atomic E-state index is 0.287. The highest BCUT2D eigenvalue weighted by Gasteiger charge is 2.26. The SMILES string of the molecule is CC1CCCN(Cc2occc2C(=O)O)C1C. The van der Waals surface area contributed by atoms with Gasteiger partial charge in [-0.05, 0) is 38.3 Å². The molecule has 1 aliphatic heterocycles. The van der Waals surface area contributed by atoms with E-state index in [4.69, 9.17) is 9.52 Å². The van der Waals surface area contributed by atoms with Crippen molar-refractivity contribution in [2.75, 3.05) is 6.54 Å². The van der Waals surface area contributed by atoms with Crippen molar-refractivity contribution in [3.8, 4) is 0 Å². The van der Waals surface area contributed by atoms with Crippen molar-refractivity contribution < 1.29 is 14.3 Å². The van der Waals surface area contributed by atoms with E-state index in [0.717, 1.165) is 6.54 Å². The number of piperidine rings is 1. The van der Waals surface area contributed by atoms with Crippen molar-refractivity contribution in [1.29, 1.82) is 0 Å². The third-order valence-corrected chi connectivity index (χ3v) is 3.83. The molecule has 4 nitrogen and oxygen atoms in total. The summed E-state index contributed by atoms with van der Waals surface area (Å²) in [5.41, 5.74) is 0.287. The monoisotopic (exact) mass is 237 g/mol. The Labute approximate surface area is 101 Å². The molecule has 0 aliphatic carbocycles. The number of furan rings is 1. The molecule has 1 saturated heterocycles. The van der Waals surface area contributed by atoms with E-state index in [1.807, 2.05) is 0 Å². The van der Waals surface area contributed by atoms with Gasteiger partial charge in [0.25, 0.3) is 0 Å². The van der Waals surface area contributed by atoms with Crippen LogP contribution in [0, 0.1) is 5.92 Å². The van der Waals surface area contributed by atoms with Gasteiger partial charge in [0, 0.05) is 6.04 Å². The minimum Gasteiger partial charge on any atom is -0.478 e. The number of aromatic carboxylic acids is 1. The Balaban J connectivity index is 2.09. The molecule has 1 fully saturated rings. The fraction of sp³-hybridized carbons (Fsp3) is 0.615. The zero-order valence-corrected chi connectivity index (χ0v) is 10.3. The first-order valence-corrected chi connectivity index (χ1v) is 6.13. The topological polar surface area (TPSA) is 53.7 Å². The van der Waals surface area contributed by atoms with Crippen molar-refractivity contribution in [3.05, 3.63) is 23.7 Å². The average molecular weight is 237 g/mol. The Kier molecular flexibility index (Phi) is 3.52. The van der Waals surface area contributed by atoms with E-state index in [1.54, 1.807) is 0 Å². The largest absolute Gasteiger partial charge is 0.478 e. The summed E-state index contributed by atoms with van der Waals surface area (Å²) < 4.78 is 5.29. The van der Waals surface area contributed by atoms with E-state index >= 15 is 0 Å². The van der Waals surface area contributed by atoms with Crippen LogP contribution in [-0.4, -0.2) is 28.6 Å². The van der Waals surface area contributed by atoms with Crippen molar-refractivity contribution in [1.82, 2.24) is 4.90 Å². The lowest BCUT2D eigenvalue weighted by Crippen LogP contribution is -2.41. The first kappa shape index (κ1) is 12.2. The summed E-state index contributed by atoms with van der Waals surface area (Å²) in [6.07, 6.45) is 3.88. The highest BCUT2D eigenvalue weighted by atomic mass is 16.4. The normalized spacial score (nSPS) is 26.0. The Morgan fingerprint density at radius 2 is 2.35 bits per heavy atom. The maximum atomic E-state index is 11.0. The number of carboxylic acid groups (broad SMARTS) is 1. The zero-order chi connectivity index (χ0) is 12.4. The molecule has 2 atom stereocenters. The number of nitrogens with zero attached hydrogens (tertiary/aromatic N) is 1. The number of hydrogen-bond donors (Lipinski definition) is 1. The summed E-state index contributed by atoms with van der Waals surface area (Å²) in [7, 11) is 0. The number of rotatable bonds is 3. The second kappa shape index (κ2) is 4.92. The molecule has 2 unspecified atom stereocenters. The summed E-state index contributed by atoms with van der Waals surface area (Å²) in [4.78, 5) is 13.3. The molecular formula is C13H19NO3. The lowest BCUT2D eigenvalue weighted by atomic mass is 9.92. The first-order chi connectivity index (χ1) is 8.09. The van der Waals surface area contributed by atoms with Gasteiger partial charge in [-0.15, -0.1) is 0 Å². The van der Waals surface area contributed by atoms with Gasteiger partial charge in [0.1, 0.15) is 11.3 Å². The molecule has 0 saturated carbocycles. The highest BCUT2D eigenvalue weighted by Crippen LogP contribution is 2.25. The van der Waals surface area contributed by atoms with Gasteiger partial charge in [0.15, 0.2) is 0 Å². The summed E-state index contributed by atoms with van der Waals surface area (Å²) in [6, 6.07) is 2.01. The van der Waals surface area contributed by atoms with E-state index in [1.165, 1.54) is 25.2 Å². The molecular weight excluding hydrogens is 218 g/mol. The van der Waals surface area contributed by atoms with Crippen LogP contribution in [0.15, 0.2) is 16.7 Å². The van der Waals surface area contributed by atoms with Crippen molar-refractivity contribution in [2.45, 2.75) is 39.3 Å². The lowest BCUT2D eigenvalue weighted by Gasteiger charge is -2.37. The highest BCUT2D eigenvalue weighted by molar-refractivity contribution is 5.88. The molecule has 1 N–H and O–H groups in total. The number of likely N-dealkylation sites (tertiary alicyclic amines) is 1. The maximum absolute atomic E-state index is 11.0. The van der Waals surface area contributed by atoms with Crippen LogP contribution in [0.4, 0.5) is 0 Å². The smallest absolute Gasteiger partial charge is 0.339 e. The van der Waals surface area contributed by atoms with Crippen molar-refractivity contribution >= 4 is 5.97 Å². The van der Waals surface area contributed by atoms with Gasteiger partial charge < -0.3 is 9.52 Å². The number of carboxylic acids is 1. The summed E-state index contributed by atoms with van der Waals surface area (Å²) in [5.74, 6) is 0.317. The Hall–Kier alpha value is -1.29. The summed E-state index contributed by atoms with van der Waals surface area (Å²) >= 11 is 0. The standard InChI is InChI=1S/C13H19NO3/c1-9-4-3-6-14(10(9)2)8-12-11(13(15)16)5-7-17-12/h5,7,9-10H,3-4,6,8H2,1-2H3,(H,15,16). The fourth-order valence-corrected chi connectivity index (χ4v) is 2.48. The van der Waals surface area contributed by atoms with Crippen LogP contribution >= 0.6 is 0 Å². The van der Waals surface area contributed by atoms with Gasteiger partial charge in [0.2, 0.25) is 0 Å². The molecule has 1 aliphatic rings. The van der Waals surface area contributed by atoms with E-state index in [2.05, 4.69) is 18.7 Å². The van der Waals surface area contributed by atoms with Crippen LogP contribution < -0.4 is 0 Å². The van der Waals surface area contributed by atoms with E-state index in [9.17, 15) is 4.79 Å². The average Bonchev–Trinajstić information content (AvgIpc) is 2.73. The minimum atomic E-state index is -0.911. The van der Waals surface area contributed by atoms with Crippen molar-refractivity contribution in [3.63, 3.8) is 0 Å². The molecule has 1 aromatic heterocycles. The quantitative estimate of drug-likeness (QED) is 0.878. The Bertz CT molecular complexity index is 399. The second-order valence-electron chi connectivity index (χ2n) is 4.89. The van der Waals surface area contributed by atoms with Gasteiger partial charge in [-0.1, -0.05) is 6.92 Å². The molecule has 0 amide bonds. The Morgan fingerprint density at radius 3 is 3.06 bits per heavy atom. The molecule has 0 spiro atoms. The zero-order valence-electron chi connectivity index (χ0n) is 10.3. The predicted octanol–water partition coefficient (Wildman–Crippen LogP) is 2.60. The van der Waals surface area contributed by atoms with E-state index in [-0.39, 0.29) is 5.56 Å². The van der Waals surface area contributed by atoms with Gasteiger partial charge >= 0.3 is 5.97 Å². The van der Waals surface area contributed by atoms with E-state index < -0.39 is 5.97 Å². The third kappa shape index (κ3) is 2.52. The maximum Gasteiger partial charge on any atom is 0.339 e. The summed E-state index contributed by atoms with van der Waals surface area (Å²) in [6.45, 7) is 6.07. The van der Waals surface area contributed by atoms with E-state index in [0.29, 0.717) is 24.3 Å². The second-order valence-corrected chi connectivity index (χ2v) is 4.89. The number of carbonyl (C=O) groups is 1.